The number of fused-ring (bicyclic) bond motifs is 1. The maximum atomic E-state index is 12.8. The zero-order valence-corrected chi connectivity index (χ0v) is 11.4. The van der Waals surface area contributed by atoms with E-state index in [1.165, 1.54) is 0 Å². The molecule has 0 bridgehead atoms. The van der Waals surface area contributed by atoms with E-state index < -0.39 is 5.41 Å². The molecule has 19 heavy (non-hydrogen) atoms. The van der Waals surface area contributed by atoms with Crippen molar-refractivity contribution in [3.63, 3.8) is 0 Å². The predicted octanol–water partition coefficient (Wildman–Crippen LogP) is 3.03. The fourth-order valence-electron chi connectivity index (χ4n) is 2.94. The summed E-state index contributed by atoms with van der Waals surface area (Å²) in [6.07, 6.45) is 4.80. The average Bonchev–Trinajstić information content (AvgIpc) is 2.61. The summed E-state index contributed by atoms with van der Waals surface area (Å²) < 4.78 is 0. The van der Waals surface area contributed by atoms with E-state index in [2.05, 4.69) is 13.2 Å². The highest BCUT2D eigenvalue weighted by Gasteiger charge is 2.48. The van der Waals surface area contributed by atoms with Gasteiger partial charge in [0.2, 0.25) is 5.91 Å². The number of nitrogens with two attached hydrogens (primary N) is 1. The third-order valence-corrected chi connectivity index (χ3v) is 3.78. The fraction of sp³-hybridized carbons (Fsp3) is 0.312. The van der Waals surface area contributed by atoms with Gasteiger partial charge in [0, 0.05) is 17.9 Å². The van der Waals surface area contributed by atoms with Crippen LogP contribution in [0.5, 0.6) is 0 Å². The first-order chi connectivity index (χ1) is 9.10. The van der Waals surface area contributed by atoms with Crippen LogP contribution >= 0.6 is 0 Å². The van der Waals surface area contributed by atoms with Crippen molar-refractivity contribution in [3.8, 4) is 0 Å². The minimum absolute atomic E-state index is 0.121. The minimum atomic E-state index is -0.579. The number of carbonyl (C=O) groups excluding carboxylic acids is 1. The Kier molecular flexibility index (Phi) is 3.47. The standard InChI is InChI=1S/C16H20N2O/c1-4-9-16(10-5-2)13-11-12(17)7-8-14(13)18(6-3)15(16)19/h4-5,7-8,11H,1-2,6,9-10,17H2,3H3. The van der Waals surface area contributed by atoms with E-state index in [4.69, 9.17) is 5.73 Å². The van der Waals surface area contributed by atoms with E-state index in [0.717, 1.165) is 11.3 Å². The number of hydrogen-bond donors (Lipinski definition) is 1. The lowest BCUT2D eigenvalue weighted by molar-refractivity contribution is -0.123. The quantitative estimate of drug-likeness (QED) is 0.650. The maximum Gasteiger partial charge on any atom is 0.238 e. The third kappa shape index (κ3) is 1.86. The van der Waals surface area contributed by atoms with E-state index in [1.807, 2.05) is 30.0 Å². The molecule has 0 aromatic heterocycles. The molecule has 100 valence electrons. The number of amides is 1. The second-order valence-corrected chi connectivity index (χ2v) is 4.89. The molecule has 2 rings (SSSR count). The molecule has 0 spiro atoms. The monoisotopic (exact) mass is 256 g/mol. The van der Waals surface area contributed by atoms with Crippen LogP contribution < -0.4 is 10.6 Å². The van der Waals surface area contributed by atoms with Crippen molar-refractivity contribution in [3.05, 3.63) is 49.1 Å². The first kappa shape index (κ1) is 13.4. The normalized spacial score (nSPS) is 16.3. The van der Waals surface area contributed by atoms with Crippen molar-refractivity contribution in [1.29, 1.82) is 0 Å². The van der Waals surface area contributed by atoms with E-state index in [1.54, 1.807) is 12.2 Å². The maximum absolute atomic E-state index is 12.8. The van der Waals surface area contributed by atoms with Gasteiger partial charge in [-0.1, -0.05) is 12.2 Å². The first-order valence-corrected chi connectivity index (χ1v) is 6.54. The van der Waals surface area contributed by atoms with Crippen molar-refractivity contribution in [2.75, 3.05) is 17.2 Å². The van der Waals surface area contributed by atoms with Gasteiger partial charge in [-0.05, 0) is 43.5 Å². The van der Waals surface area contributed by atoms with Gasteiger partial charge in [-0.15, -0.1) is 13.2 Å². The van der Waals surface area contributed by atoms with Crippen molar-refractivity contribution < 1.29 is 4.79 Å². The van der Waals surface area contributed by atoms with E-state index in [9.17, 15) is 4.79 Å². The number of hydrogen-bond acceptors (Lipinski definition) is 2. The van der Waals surface area contributed by atoms with Crippen LogP contribution in [0.1, 0.15) is 25.3 Å². The van der Waals surface area contributed by atoms with Gasteiger partial charge in [0.1, 0.15) is 0 Å². The molecule has 1 aliphatic rings. The van der Waals surface area contributed by atoms with Gasteiger partial charge in [0.15, 0.2) is 0 Å². The van der Waals surface area contributed by atoms with Crippen molar-refractivity contribution in [2.45, 2.75) is 25.2 Å². The molecule has 0 unspecified atom stereocenters. The van der Waals surface area contributed by atoms with Crippen LogP contribution in [-0.4, -0.2) is 12.5 Å². The number of anilines is 2. The first-order valence-electron chi connectivity index (χ1n) is 6.54. The van der Waals surface area contributed by atoms with Gasteiger partial charge in [0.25, 0.3) is 0 Å². The van der Waals surface area contributed by atoms with Crippen LogP contribution in [0.2, 0.25) is 0 Å². The van der Waals surface area contributed by atoms with Crippen LogP contribution in [0.15, 0.2) is 43.5 Å². The largest absolute Gasteiger partial charge is 0.399 e. The Balaban J connectivity index is 2.67. The van der Waals surface area contributed by atoms with Gasteiger partial charge in [-0.25, -0.2) is 0 Å². The van der Waals surface area contributed by atoms with Crippen LogP contribution in [0.4, 0.5) is 11.4 Å². The van der Waals surface area contributed by atoms with Crippen LogP contribution in [0.25, 0.3) is 0 Å². The SMILES string of the molecule is C=CCC1(CC=C)C(=O)N(CC)c2ccc(N)cc21. The molecule has 0 atom stereocenters. The second kappa shape index (κ2) is 4.92. The fourth-order valence-corrected chi connectivity index (χ4v) is 2.94. The Hall–Kier alpha value is -2.03. The molecule has 1 aliphatic heterocycles. The van der Waals surface area contributed by atoms with E-state index in [0.29, 0.717) is 25.1 Å². The number of likely N-dealkylation sites (N-methyl/N-ethyl adjacent to an activating group) is 1. The van der Waals surface area contributed by atoms with E-state index >= 15 is 0 Å². The highest BCUT2D eigenvalue weighted by molar-refractivity contribution is 6.08. The number of benzene rings is 1. The lowest BCUT2D eigenvalue weighted by Crippen LogP contribution is -2.39. The zero-order valence-electron chi connectivity index (χ0n) is 11.4. The van der Waals surface area contributed by atoms with Crippen molar-refractivity contribution in [2.24, 2.45) is 0 Å². The summed E-state index contributed by atoms with van der Waals surface area (Å²) >= 11 is 0. The van der Waals surface area contributed by atoms with Crippen molar-refractivity contribution in [1.82, 2.24) is 0 Å². The Bertz CT molecular complexity index is 524. The van der Waals surface area contributed by atoms with Crippen LogP contribution in [0, 0.1) is 0 Å². The summed E-state index contributed by atoms with van der Waals surface area (Å²) in [6, 6.07) is 5.68. The summed E-state index contributed by atoms with van der Waals surface area (Å²) in [5, 5.41) is 0. The smallest absolute Gasteiger partial charge is 0.238 e. The summed E-state index contributed by atoms with van der Waals surface area (Å²) in [6.45, 7) is 10.2. The van der Waals surface area contributed by atoms with Gasteiger partial charge in [-0.2, -0.15) is 0 Å². The van der Waals surface area contributed by atoms with Crippen molar-refractivity contribution >= 4 is 17.3 Å². The van der Waals surface area contributed by atoms with E-state index in [-0.39, 0.29) is 5.91 Å². The lowest BCUT2D eigenvalue weighted by atomic mass is 9.75. The number of nitrogens with zero attached hydrogens (tertiary/aromatic N) is 1. The Labute approximate surface area is 114 Å². The predicted molar refractivity (Wildman–Crippen MR) is 80.2 cm³/mol. The molecular formula is C16H20N2O. The molecule has 3 nitrogen and oxygen atoms in total. The van der Waals surface area contributed by atoms with Gasteiger partial charge < -0.3 is 10.6 Å². The molecule has 0 radical (unpaired) electrons. The topological polar surface area (TPSA) is 46.3 Å². The molecule has 2 N–H and O–H groups in total. The molecule has 1 aromatic carbocycles. The highest BCUT2D eigenvalue weighted by atomic mass is 16.2. The third-order valence-electron chi connectivity index (χ3n) is 3.78. The molecule has 1 amide bonds. The molecule has 1 heterocycles. The van der Waals surface area contributed by atoms with Gasteiger partial charge in [-0.3, -0.25) is 4.79 Å². The Morgan fingerprint density at radius 2 is 1.95 bits per heavy atom. The Morgan fingerprint density at radius 3 is 2.47 bits per heavy atom. The summed E-state index contributed by atoms with van der Waals surface area (Å²) in [4.78, 5) is 14.6. The lowest BCUT2D eigenvalue weighted by Gasteiger charge is -2.26. The van der Waals surface area contributed by atoms with Crippen LogP contribution in [0.3, 0.4) is 0 Å². The summed E-state index contributed by atoms with van der Waals surface area (Å²) in [7, 11) is 0. The Morgan fingerprint density at radius 1 is 1.32 bits per heavy atom. The number of nitrogen functional groups attached to an aromatic ring is 1. The molecule has 1 aromatic rings. The average molecular weight is 256 g/mol. The molecule has 0 saturated carbocycles. The van der Waals surface area contributed by atoms with Gasteiger partial charge >= 0.3 is 0 Å². The van der Waals surface area contributed by atoms with Crippen LogP contribution in [-0.2, 0) is 10.2 Å². The molecule has 3 heteroatoms. The molecular weight excluding hydrogens is 236 g/mol. The summed E-state index contributed by atoms with van der Waals surface area (Å²) in [5.74, 6) is 0.121. The summed E-state index contributed by atoms with van der Waals surface area (Å²) in [5.41, 5.74) is 7.96. The minimum Gasteiger partial charge on any atom is -0.399 e. The molecule has 0 saturated heterocycles. The number of allylic oxidation sites excluding steroid dienone is 2. The van der Waals surface area contributed by atoms with Gasteiger partial charge in [0.05, 0.1) is 5.41 Å². The molecule has 0 fully saturated rings. The number of carbonyl (C=O) groups is 1. The number of rotatable bonds is 5. The molecule has 0 aliphatic carbocycles. The zero-order chi connectivity index (χ0) is 14.0. The second-order valence-electron chi connectivity index (χ2n) is 4.89. The highest BCUT2D eigenvalue weighted by Crippen LogP contribution is 2.47.